The van der Waals surface area contributed by atoms with E-state index < -0.39 is 17.5 Å². The van der Waals surface area contributed by atoms with Crippen molar-refractivity contribution in [3.63, 3.8) is 0 Å². The van der Waals surface area contributed by atoms with Crippen LogP contribution in [0, 0.1) is 0 Å². The topological polar surface area (TPSA) is 97.0 Å². The van der Waals surface area contributed by atoms with Crippen molar-refractivity contribution in [1.82, 2.24) is 15.5 Å². The molecule has 0 spiro atoms. The summed E-state index contributed by atoms with van der Waals surface area (Å²) in [6, 6.07) is 4.78. The average Bonchev–Trinajstić information content (AvgIpc) is 3.15. The van der Waals surface area contributed by atoms with E-state index in [2.05, 4.69) is 10.6 Å². The number of carbonyl (C=O) groups excluding carboxylic acids is 3. The van der Waals surface area contributed by atoms with Crippen molar-refractivity contribution in [2.75, 3.05) is 19.8 Å². The van der Waals surface area contributed by atoms with E-state index in [9.17, 15) is 14.4 Å². The largest absolute Gasteiger partial charge is 0.490 e. The molecule has 0 radical (unpaired) electrons. The van der Waals surface area contributed by atoms with Crippen LogP contribution in [0.4, 0.5) is 4.79 Å². The summed E-state index contributed by atoms with van der Waals surface area (Å²) in [5.74, 6) is 0.414. The zero-order chi connectivity index (χ0) is 19.7. The van der Waals surface area contributed by atoms with Crippen molar-refractivity contribution >= 4 is 17.8 Å². The molecule has 0 aromatic heterocycles. The molecule has 2 heterocycles. The van der Waals surface area contributed by atoms with E-state index in [0.29, 0.717) is 30.3 Å². The standard InChI is InChI=1S/C20H25N3O5/c1-20(13-7-8-15-16(11-13)28-10-4-9-27-15)18(25)23(19(26)22-20)12-17(24)21-14-5-2-3-6-14/h7-8,11,14H,2-6,9-10,12H2,1H3,(H,21,24)(H,22,26)/t20-/m0/s1. The highest BCUT2D eigenvalue weighted by Crippen LogP contribution is 2.36. The van der Waals surface area contributed by atoms with E-state index in [-0.39, 0.29) is 18.5 Å². The first-order chi connectivity index (χ1) is 13.5. The third kappa shape index (κ3) is 3.39. The fourth-order valence-electron chi connectivity index (χ4n) is 4.00. The van der Waals surface area contributed by atoms with Gasteiger partial charge in [0.1, 0.15) is 12.1 Å². The molecule has 1 saturated heterocycles. The lowest BCUT2D eigenvalue weighted by Crippen LogP contribution is -2.45. The zero-order valence-electron chi connectivity index (χ0n) is 16.0. The highest BCUT2D eigenvalue weighted by atomic mass is 16.5. The van der Waals surface area contributed by atoms with Crippen molar-refractivity contribution < 1.29 is 23.9 Å². The fourth-order valence-corrected chi connectivity index (χ4v) is 4.00. The van der Waals surface area contributed by atoms with E-state index in [1.54, 1.807) is 25.1 Å². The van der Waals surface area contributed by atoms with Gasteiger partial charge in [-0.15, -0.1) is 0 Å². The van der Waals surface area contributed by atoms with Gasteiger partial charge in [-0.1, -0.05) is 18.9 Å². The first kappa shape index (κ1) is 18.6. The Balaban J connectivity index is 1.50. The molecule has 8 heteroatoms. The van der Waals surface area contributed by atoms with E-state index in [0.717, 1.165) is 37.0 Å². The molecular formula is C20H25N3O5. The molecule has 0 bridgehead atoms. The number of imide groups is 1. The second kappa shape index (κ2) is 7.33. The molecule has 1 aliphatic carbocycles. The molecule has 1 saturated carbocycles. The lowest BCUT2D eigenvalue weighted by atomic mass is 9.91. The molecular weight excluding hydrogens is 362 g/mol. The molecule has 1 aromatic rings. The number of hydrogen-bond acceptors (Lipinski definition) is 5. The Bertz CT molecular complexity index is 805. The number of nitrogens with one attached hydrogen (secondary N) is 2. The summed E-state index contributed by atoms with van der Waals surface area (Å²) in [6.07, 6.45) is 4.86. The van der Waals surface area contributed by atoms with Gasteiger partial charge in [0.05, 0.1) is 13.2 Å². The summed E-state index contributed by atoms with van der Waals surface area (Å²) in [6.45, 7) is 2.47. The lowest BCUT2D eigenvalue weighted by molar-refractivity contribution is -0.135. The van der Waals surface area contributed by atoms with Crippen molar-refractivity contribution in [2.24, 2.45) is 0 Å². The summed E-state index contributed by atoms with van der Waals surface area (Å²) >= 11 is 0. The first-order valence-corrected chi connectivity index (χ1v) is 9.81. The Morgan fingerprint density at radius 3 is 2.64 bits per heavy atom. The molecule has 1 atom stereocenters. The molecule has 1 aromatic carbocycles. The van der Waals surface area contributed by atoms with Crippen LogP contribution in [-0.2, 0) is 15.1 Å². The fraction of sp³-hybridized carbons (Fsp3) is 0.550. The van der Waals surface area contributed by atoms with E-state index in [1.165, 1.54) is 0 Å². The number of amides is 4. The Labute approximate surface area is 163 Å². The number of fused-ring (bicyclic) bond motifs is 1. The van der Waals surface area contributed by atoms with Crippen molar-refractivity contribution in [1.29, 1.82) is 0 Å². The molecule has 4 rings (SSSR count). The van der Waals surface area contributed by atoms with Crippen molar-refractivity contribution in [3.05, 3.63) is 23.8 Å². The van der Waals surface area contributed by atoms with E-state index in [1.807, 2.05) is 0 Å². The summed E-state index contributed by atoms with van der Waals surface area (Å²) in [4.78, 5) is 38.8. The molecule has 2 N–H and O–H groups in total. The average molecular weight is 387 g/mol. The van der Waals surface area contributed by atoms with Crippen LogP contribution in [0.3, 0.4) is 0 Å². The number of hydrogen-bond donors (Lipinski definition) is 2. The van der Waals surface area contributed by atoms with Gasteiger partial charge >= 0.3 is 6.03 Å². The number of urea groups is 1. The maximum atomic E-state index is 13.0. The maximum Gasteiger partial charge on any atom is 0.325 e. The highest BCUT2D eigenvalue weighted by Gasteiger charge is 2.49. The minimum Gasteiger partial charge on any atom is -0.490 e. The van der Waals surface area contributed by atoms with Crippen LogP contribution in [0.5, 0.6) is 11.5 Å². The lowest BCUT2D eigenvalue weighted by Gasteiger charge is -2.23. The molecule has 8 nitrogen and oxygen atoms in total. The van der Waals surface area contributed by atoms with Crippen LogP contribution in [0.15, 0.2) is 18.2 Å². The van der Waals surface area contributed by atoms with Crippen LogP contribution in [0.2, 0.25) is 0 Å². The van der Waals surface area contributed by atoms with Crippen LogP contribution in [0.25, 0.3) is 0 Å². The Morgan fingerprint density at radius 2 is 1.89 bits per heavy atom. The van der Waals surface area contributed by atoms with Crippen LogP contribution < -0.4 is 20.1 Å². The number of rotatable bonds is 4. The smallest absolute Gasteiger partial charge is 0.325 e. The molecule has 3 aliphatic rings. The molecule has 2 aliphatic heterocycles. The maximum absolute atomic E-state index is 13.0. The van der Waals surface area contributed by atoms with Gasteiger partial charge in [-0.25, -0.2) is 4.79 Å². The molecule has 2 fully saturated rings. The monoisotopic (exact) mass is 387 g/mol. The molecule has 28 heavy (non-hydrogen) atoms. The summed E-state index contributed by atoms with van der Waals surface area (Å²) in [7, 11) is 0. The Morgan fingerprint density at radius 1 is 1.18 bits per heavy atom. The number of carbonyl (C=O) groups is 3. The van der Waals surface area contributed by atoms with E-state index >= 15 is 0 Å². The van der Waals surface area contributed by atoms with Gasteiger partial charge in [-0.05, 0) is 37.5 Å². The quantitative estimate of drug-likeness (QED) is 0.766. The molecule has 150 valence electrons. The normalized spacial score (nSPS) is 24.8. The highest BCUT2D eigenvalue weighted by molar-refractivity contribution is 6.09. The number of benzene rings is 1. The van der Waals surface area contributed by atoms with Gasteiger partial charge in [0.25, 0.3) is 5.91 Å². The number of ether oxygens (including phenoxy) is 2. The minimum absolute atomic E-state index is 0.140. The SMILES string of the molecule is C[C@@]1(c2ccc3c(c2)OCCCO3)NC(=O)N(CC(=O)NC2CCCC2)C1=O. The third-order valence-electron chi connectivity index (χ3n) is 5.62. The molecule has 4 amide bonds. The Hall–Kier alpha value is -2.77. The predicted molar refractivity (Wildman–Crippen MR) is 100 cm³/mol. The summed E-state index contributed by atoms with van der Waals surface area (Å²) < 4.78 is 11.3. The van der Waals surface area contributed by atoms with Gasteiger partial charge in [-0.3, -0.25) is 14.5 Å². The van der Waals surface area contributed by atoms with Crippen LogP contribution in [-0.4, -0.2) is 48.5 Å². The van der Waals surface area contributed by atoms with Crippen LogP contribution in [0.1, 0.15) is 44.6 Å². The first-order valence-electron chi connectivity index (χ1n) is 9.81. The van der Waals surface area contributed by atoms with Gasteiger partial charge < -0.3 is 20.1 Å². The van der Waals surface area contributed by atoms with Gasteiger partial charge in [0.2, 0.25) is 5.91 Å². The minimum atomic E-state index is -1.25. The van der Waals surface area contributed by atoms with Crippen molar-refractivity contribution in [3.8, 4) is 11.5 Å². The van der Waals surface area contributed by atoms with E-state index in [4.69, 9.17) is 9.47 Å². The Kier molecular flexibility index (Phi) is 4.87. The second-order valence-electron chi connectivity index (χ2n) is 7.71. The zero-order valence-corrected chi connectivity index (χ0v) is 16.0. The molecule has 0 unspecified atom stereocenters. The van der Waals surface area contributed by atoms with Crippen LogP contribution >= 0.6 is 0 Å². The van der Waals surface area contributed by atoms with Gasteiger partial charge in [0.15, 0.2) is 11.5 Å². The predicted octanol–water partition coefficient (Wildman–Crippen LogP) is 1.67. The van der Waals surface area contributed by atoms with Crippen molar-refractivity contribution in [2.45, 2.75) is 50.6 Å². The third-order valence-corrected chi connectivity index (χ3v) is 5.62. The van der Waals surface area contributed by atoms with Gasteiger partial charge in [0, 0.05) is 12.5 Å². The second-order valence-corrected chi connectivity index (χ2v) is 7.71. The summed E-state index contributed by atoms with van der Waals surface area (Å²) in [5.41, 5.74) is -0.663. The van der Waals surface area contributed by atoms with Gasteiger partial charge in [-0.2, -0.15) is 0 Å². The number of nitrogens with zero attached hydrogens (tertiary/aromatic N) is 1. The summed E-state index contributed by atoms with van der Waals surface area (Å²) in [5, 5.41) is 5.64.